The van der Waals surface area contributed by atoms with E-state index < -0.39 is 12.1 Å². The Balaban J connectivity index is 1.62. The van der Waals surface area contributed by atoms with Gasteiger partial charge in [-0.05, 0) is 44.9 Å². The maximum absolute atomic E-state index is 12.3. The molecule has 2 aromatic heterocycles. The molecule has 0 spiro atoms. The molecular formula is C20H22N2O4S. The van der Waals surface area contributed by atoms with E-state index in [1.54, 1.807) is 6.92 Å². The minimum Gasteiger partial charge on any atom is -0.493 e. The summed E-state index contributed by atoms with van der Waals surface area (Å²) in [5.41, 5.74) is 1.74. The predicted molar refractivity (Wildman–Crippen MR) is 106 cm³/mol. The van der Waals surface area contributed by atoms with Gasteiger partial charge in [-0.15, -0.1) is 11.3 Å². The van der Waals surface area contributed by atoms with Crippen LogP contribution in [0, 0.1) is 20.8 Å². The van der Waals surface area contributed by atoms with Gasteiger partial charge in [-0.1, -0.05) is 18.2 Å². The van der Waals surface area contributed by atoms with E-state index in [4.69, 9.17) is 9.47 Å². The summed E-state index contributed by atoms with van der Waals surface area (Å²) in [5, 5.41) is 0.603. The van der Waals surface area contributed by atoms with Gasteiger partial charge in [0.15, 0.2) is 11.9 Å². The van der Waals surface area contributed by atoms with Crippen molar-refractivity contribution in [3.8, 4) is 5.75 Å². The number of nitrogens with one attached hydrogen (secondary N) is 1. The van der Waals surface area contributed by atoms with Crippen molar-refractivity contribution < 1.29 is 14.3 Å². The molecule has 1 N–H and O–H groups in total. The van der Waals surface area contributed by atoms with Crippen LogP contribution in [0.2, 0.25) is 0 Å². The Hall–Kier alpha value is -2.67. The van der Waals surface area contributed by atoms with Crippen molar-refractivity contribution in [2.45, 2.75) is 40.2 Å². The second-order valence-corrected chi connectivity index (χ2v) is 7.61. The van der Waals surface area contributed by atoms with Gasteiger partial charge in [0.05, 0.1) is 18.4 Å². The van der Waals surface area contributed by atoms with Crippen LogP contribution in [-0.4, -0.2) is 22.5 Å². The molecule has 6 nitrogen and oxygen atoms in total. The Kier molecular flexibility index (Phi) is 5.60. The van der Waals surface area contributed by atoms with E-state index in [0.29, 0.717) is 16.0 Å². The molecule has 0 aliphatic rings. The third-order valence-corrected chi connectivity index (χ3v) is 5.51. The summed E-state index contributed by atoms with van der Waals surface area (Å²) in [7, 11) is 0. The van der Waals surface area contributed by atoms with E-state index in [-0.39, 0.29) is 18.6 Å². The summed E-state index contributed by atoms with van der Waals surface area (Å²) in [6.45, 7) is 7.73. The third kappa shape index (κ3) is 4.19. The fraction of sp³-hybridized carbons (Fsp3) is 0.350. The fourth-order valence-corrected chi connectivity index (χ4v) is 3.78. The van der Waals surface area contributed by atoms with Gasteiger partial charge in [-0.25, -0.2) is 4.98 Å². The zero-order valence-corrected chi connectivity index (χ0v) is 16.6. The average molecular weight is 386 g/mol. The van der Waals surface area contributed by atoms with Gasteiger partial charge in [0.2, 0.25) is 0 Å². The Bertz CT molecular complexity index is 1040. The number of esters is 1. The summed E-state index contributed by atoms with van der Waals surface area (Å²) in [6, 6.07) is 7.62. The van der Waals surface area contributed by atoms with E-state index in [9.17, 15) is 9.59 Å². The molecule has 0 radical (unpaired) electrons. The molecule has 7 heteroatoms. The van der Waals surface area contributed by atoms with E-state index in [1.165, 1.54) is 11.3 Å². The van der Waals surface area contributed by atoms with Crippen molar-refractivity contribution in [3.05, 3.63) is 56.4 Å². The number of benzene rings is 1. The summed E-state index contributed by atoms with van der Waals surface area (Å²) < 4.78 is 11.0. The molecule has 142 valence electrons. The Morgan fingerprint density at radius 2 is 2.00 bits per heavy atom. The monoisotopic (exact) mass is 386 g/mol. The quantitative estimate of drug-likeness (QED) is 0.648. The van der Waals surface area contributed by atoms with Gasteiger partial charge < -0.3 is 14.5 Å². The zero-order chi connectivity index (χ0) is 19.6. The molecule has 0 aliphatic carbocycles. The highest BCUT2D eigenvalue weighted by molar-refractivity contribution is 7.18. The number of carbonyl (C=O) groups excluding carboxylic acids is 1. The number of ether oxygens (including phenoxy) is 2. The second-order valence-electron chi connectivity index (χ2n) is 6.41. The summed E-state index contributed by atoms with van der Waals surface area (Å²) in [4.78, 5) is 33.3. The molecule has 2 heterocycles. The Morgan fingerprint density at radius 1 is 1.26 bits per heavy atom. The first kappa shape index (κ1) is 19.1. The summed E-state index contributed by atoms with van der Waals surface area (Å²) >= 11 is 1.46. The maximum atomic E-state index is 12.3. The van der Waals surface area contributed by atoms with E-state index in [1.807, 2.05) is 45.0 Å². The highest BCUT2D eigenvalue weighted by Gasteiger charge is 2.18. The SMILES string of the molecule is Cc1ccccc1OCCC(=O)O[C@@H](C)c1nc2sc(C)c(C)c2c(=O)[nH]1. The smallest absolute Gasteiger partial charge is 0.309 e. The number of aryl methyl sites for hydroxylation is 3. The predicted octanol–water partition coefficient (Wildman–Crippen LogP) is 3.98. The van der Waals surface area contributed by atoms with Gasteiger partial charge >= 0.3 is 5.97 Å². The Labute approximate surface area is 161 Å². The second kappa shape index (κ2) is 7.92. The minimum atomic E-state index is -0.643. The molecular weight excluding hydrogens is 364 g/mol. The number of rotatable bonds is 6. The number of para-hydroxylation sites is 1. The zero-order valence-electron chi connectivity index (χ0n) is 15.8. The van der Waals surface area contributed by atoms with E-state index in [2.05, 4.69) is 9.97 Å². The van der Waals surface area contributed by atoms with Crippen molar-refractivity contribution in [1.29, 1.82) is 0 Å². The maximum Gasteiger partial charge on any atom is 0.309 e. The van der Waals surface area contributed by atoms with Crippen molar-refractivity contribution >= 4 is 27.5 Å². The number of aromatic nitrogens is 2. The number of thiophene rings is 1. The van der Waals surface area contributed by atoms with Gasteiger partial charge in [0, 0.05) is 4.88 Å². The molecule has 1 atom stereocenters. The largest absolute Gasteiger partial charge is 0.493 e. The molecule has 1 aromatic carbocycles. The number of hydrogen-bond acceptors (Lipinski definition) is 6. The van der Waals surface area contributed by atoms with Crippen LogP contribution in [0.5, 0.6) is 5.75 Å². The van der Waals surface area contributed by atoms with Crippen LogP contribution in [-0.2, 0) is 9.53 Å². The first-order chi connectivity index (χ1) is 12.9. The lowest BCUT2D eigenvalue weighted by Crippen LogP contribution is -2.18. The minimum absolute atomic E-state index is 0.113. The van der Waals surface area contributed by atoms with Gasteiger partial charge in [-0.2, -0.15) is 0 Å². The van der Waals surface area contributed by atoms with Gasteiger partial charge in [0.1, 0.15) is 10.6 Å². The third-order valence-electron chi connectivity index (χ3n) is 4.41. The highest BCUT2D eigenvalue weighted by Crippen LogP contribution is 2.27. The number of aromatic amines is 1. The van der Waals surface area contributed by atoms with Crippen LogP contribution in [0.3, 0.4) is 0 Å². The highest BCUT2D eigenvalue weighted by atomic mass is 32.1. The molecule has 0 amide bonds. The van der Waals surface area contributed by atoms with Crippen molar-refractivity contribution in [1.82, 2.24) is 9.97 Å². The fourth-order valence-electron chi connectivity index (χ4n) is 2.74. The van der Waals surface area contributed by atoms with Crippen LogP contribution >= 0.6 is 11.3 Å². The number of H-pyrrole nitrogens is 1. The van der Waals surface area contributed by atoms with Crippen LogP contribution < -0.4 is 10.3 Å². The van der Waals surface area contributed by atoms with Crippen LogP contribution in [0.25, 0.3) is 10.2 Å². The summed E-state index contributed by atoms with van der Waals surface area (Å²) in [5.74, 6) is 0.692. The molecule has 27 heavy (non-hydrogen) atoms. The van der Waals surface area contributed by atoms with Gasteiger partial charge in [-0.3, -0.25) is 9.59 Å². The van der Waals surface area contributed by atoms with Crippen molar-refractivity contribution in [3.63, 3.8) is 0 Å². The first-order valence-corrected chi connectivity index (χ1v) is 9.56. The standard InChI is InChI=1S/C20H22N2O4S/c1-11-7-5-6-8-15(11)25-10-9-16(23)26-13(3)18-21-19(24)17-12(2)14(4)27-20(17)22-18/h5-8,13H,9-10H2,1-4H3,(H,21,22,24)/t13-/m0/s1. The van der Waals surface area contributed by atoms with Gasteiger partial charge in [0.25, 0.3) is 5.56 Å². The number of hydrogen-bond donors (Lipinski definition) is 1. The molecule has 3 rings (SSSR count). The van der Waals surface area contributed by atoms with Crippen molar-refractivity contribution in [2.24, 2.45) is 0 Å². The Morgan fingerprint density at radius 3 is 2.74 bits per heavy atom. The van der Waals surface area contributed by atoms with E-state index >= 15 is 0 Å². The lowest BCUT2D eigenvalue weighted by atomic mass is 10.2. The molecule has 0 saturated carbocycles. The molecule has 0 fully saturated rings. The van der Waals surface area contributed by atoms with Crippen LogP contribution in [0.15, 0.2) is 29.1 Å². The number of nitrogens with zero attached hydrogens (tertiary/aromatic N) is 1. The lowest BCUT2D eigenvalue weighted by molar-refractivity contribution is -0.149. The topological polar surface area (TPSA) is 81.3 Å². The number of carbonyl (C=O) groups is 1. The number of fused-ring (bicyclic) bond motifs is 1. The van der Waals surface area contributed by atoms with Crippen LogP contribution in [0.1, 0.15) is 41.3 Å². The van der Waals surface area contributed by atoms with Crippen LogP contribution in [0.4, 0.5) is 0 Å². The molecule has 0 unspecified atom stereocenters. The summed E-state index contributed by atoms with van der Waals surface area (Å²) in [6.07, 6.45) is -0.529. The molecule has 0 bridgehead atoms. The average Bonchev–Trinajstić information content (AvgIpc) is 2.91. The van der Waals surface area contributed by atoms with E-state index in [0.717, 1.165) is 21.8 Å². The lowest BCUT2D eigenvalue weighted by Gasteiger charge is -2.13. The first-order valence-electron chi connectivity index (χ1n) is 8.74. The van der Waals surface area contributed by atoms with Crippen molar-refractivity contribution in [2.75, 3.05) is 6.61 Å². The normalized spacial score (nSPS) is 12.1. The molecule has 0 saturated heterocycles. The molecule has 3 aromatic rings. The molecule has 0 aliphatic heterocycles.